The van der Waals surface area contributed by atoms with Gasteiger partial charge < -0.3 is 10.1 Å². The Morgan fingerprint density at radius 1 is 0.912 bits per heavy atom. The molecule has 34 heavy (non-hydrogen) atoms. The average molecular weight is 479 g/mol. The number of rotatable bonds is 5. The molecule has 3 heterocycles. The predicted molar refractivity (Wildman–Crippen MR) is 111 cm³/mol. The summed E-state index contributed by atoms with van der Waals surface area (Å²) in [4.78, 5) is 16.7. The summed E-state index contributed by atoms with van der Waals surface area (Å²) in [7, 11) is 1.41. The minimum atomic E-state index is -4.62. The third kappa shape index (κ3) is 4.91. The second kappa shape index (κ2) is 8.86. The zero-order chi connectivity index (χ0) is 24.5. The van der Waals surface area contributed by atoms with Crippen molar-refractivity contribution in [3.63, 3.8) is 0 Å². The monoisotopic (exact) mass is 479 g/mol. The Hall–Kier alpha value is -3.80. The van der Waals surface area contributed by atoms with Crippen LogP contribution in [0.2, 0.25) is 0 Å². The van der Waals surface area contributed by atoms with Crippen molar-refractivity contribution in [3.8, 4) is 11.3 Å². The van der Waals surface area contributed by atoms with E-state index >= 15 is 0 Å². The SMILES string of the molecule is COCc1nc(Nc2ccc(C(F)(F)F)cc2)c2ncc(-c3ncccc3C(F)(F)F)cc2n1. The summed E-state index contributed by atoms with van der Waals surface area (Å²) in [6, 6.07) is 7.76. The molecule has 6 nitrogen and oxygen atoms in total. The molecular formula is C22H15F6N5O. The quantitative estimate of drug-likeness (QED) is 0.353. The Morgan fingerprint density at radius 3 is 2.29 bits per heavy atom. The Bertz CT molecular complexity index is 1320. The normalized spacial score (nSPS) is 12.2. The number of nitrogens with one attached hydrogen (secondary N) is 1. The molecule has 1 N–H and O–H groups in total. The number of alkyl halides is 6. The molecule has 0 atom stereocenters. The van der Waals surface area contributed by atoms with Crippen LogP contribution in [0.4, 0.5) is 37.8 Å². The number of benzene rings is 1. The fourth-order valence-electron chi connectivity index (χ4n) is 3.22. The van der Waals surface area contributed by atoms with Gasteiger partial charge in [0.15, 0.2) is 11.6 Å². The number of fused-ring (bicyclic) bond motifs is 1. The first-order valence-corrected chi connectivity index (χ1v) is 9.69. The van der Waals surface area contributed by atoms with Crippen LogP contribution in [0.3, 0.4) is 0 Å². The van der Waals surface area contributed by atoms with Crippen LogP contribution >= 0.6 is 0 Å². The Balaban J connectivity index is 1.79. The summed E-state index contributed by atoms with van der Waals surface area (Å²) in [5.41, 5.74) is -1.27. The van der Waals surface area contributed by atoms with Gasteiger partial charge in [0, 0.05) is 30.8 Å². The van der Waals surface area contributed by atoms with Gasteiger partial charge in [0.1, 0.15) is 12.1 Å². The molecule has 0 radical (unpaired) electrons. The maximum absolute atomic E-state index is 13.4. The van der Waals surface area contributed by atoms with Gasteiger partial charge in [-0.05, 0) is 42.5 Å². The van der Waals surface area contributed by atoms with E-state index in [9.17, 15) is 26.3 Å². The van der Waals surface area contributed by atoms with E-state index in [1.807, 2.05) is 0 Å². The smallest absolute Gasteiger partial charge is 0.377 e. The molecule has 0 saturated heterocycles. The van der Waals surface area contributed by atoms with E-state index in [0.717, 1.165) is 18.2 Å². The Kier molecular flexibility index (Phi) is 6.09. The van der Waals surface area contributed by atoms with Crippen molar-refractivity contribution in [2.24, 2.45) is 0 Å². The van der Waals surface area contributed by atoms with Gasteiger partial charge in [0.25, 0.3) is 0 Å². The molecular weight excluding hydrogens is 464 g/mol. The molecule has 0 bridgehead atoms. The standard InChI is InChI=1S/C22H15F6N5O/c1-34-11-17-32-16-9-12(18-15(22(26,27)28)3-2-8-29-18)10-30-19(16)20(33-17)31-14-6-4-13(5-7-14)21(23,24)25/h2-10H,11H2,1H3,(H,31,32,33). The molecule has 1 aromatic carbocycles. The third-order valence-corrected chi connectivity index (χ3v) is 4.72. The van der Waals surface area contributed by atoms with Crippen LogP contribution in [0.25, 0.3) is 22.3 Å². The number of aromatic nitrogens is 4. The van der Waals surface area contributed by atoms with Crippen molar-refractivity contribution in [2.45, 2.75) is 19.0 Å². The molecule has 0 unspecified atom stereocenters. The van der Waals surface area contributed by atoms with Crippen molar-refractivity contribution in [1.29, 1.82) is 0 Å². The van der Waals surface area contributed by atoms with E-state index in [1.165, 1.54) is 43.8 Å². The van der Waals surface area contributed by atoms with Gasteiger partial charge in [-0.15, -0.1) is 0 Å². The molecule has 0 fully saturated rings. The lowest BCUT2D eigenvalue weighted by molar-refractivity contribution is -0.138. The zero-order valence-corrected chi connectivity index (χ0v) is 17.4. The van der Waals surface area contributed by atoms with E-state index in [4.69, 9.17) is 4.74 Å². The molecule has 4 rings (SSSR count). The van der Waals surface area contributed by atoms with Gasteiger partial charge >= 0.3 is 12.4 Å². The largest absolute Gasteiger partial charge is 0.418 e. The number of anilines is 2. The van der Waals surface area contributed by atoms with E-state index in [0.29, 0.717) is 5.69 Å². The maximum atomic E-state index is 13.4. The zero-order valence-electron chi connectivity index (χ0n) is 17.4. The fraction of sp³-hybridized carbons (Fsp3) is 0.182. The van der Waals surface area contributed by atoms with Crippen LogP contribution in [0.15, 0.2) is 54.9 Å². The fourth-order valence-corrected chi connectivity index (χ4v) is 3.22. The summed E-state index contributed by atoms with van der Waals surface area (Å²) < 4.78 is 83.9. The van der Waals surface area contributed by atoms with E-state index in [-0.39, 0.29) is 40.5 Å². The highest BCUT2D eigenvalue weighted by molar-refractivity contribution is 5.89. The number of ether oxygens (including phenoxy) is 1. The second-order valence-electron chi connectivity index (χ2n) is 7.11. The third-order valence-electron chi connectivity index (χ3n) is 4.72. The lowest BCUT2D eigenvalue weighted by atomic mass is 10.1. The highest BCUT2D eigenvalue weighted by Crippen LogP contribution is 2.36. The summed E-state index contributed by atoms with van der Waals surface area (Å²) in [5.74, 6) is 0.348. The first-order chi connectivity index (χ1) is 16.1. The van der Waals surface area contributed by atoms with Crippen LogP contribution in [0.1, 0.15) is 17.0 Å². The van der Waals surface area contributed by atoms with E-state index in [2.05, 4.69) is 25.3 Å². The van der Waals surface area contributed by atoms with Crippen molar-refractivity contribution in [2.75, 3.05) is 12.4 Å². The Morgan fingerprint density at radius 2 is 1.65 bits per heavy atom. The van der Waals surface area contributed by atoms with E-state index < -0.39 is 23.5 Å². The van der Waals surface area contributed by atoms with Crippen LogP contribution in [-0.2, 0) is 23.7 Å². The van der Waals surface area contributed by atoms with Crippen LogP contribution in [-0.4, -0.2) is 27.0 Å². The van der Waals surface area contributed by atoms with Crippen molar-refractivity contribution < 1.29 is 31.1 Å². The summed E-state index contributed by atoms with van der Waals surface area (Å²) in [6.07, 6.45) is -6.66. The Labute approximate surface area is 188 Å². The topological polar surface area (TPSA) is 72.8 Å². The number of methoxy groups -OCH3 is 1. The highest BCUT2D eigenvalue weighted by atomic mass is 19.4. The maximum Gasteiger partial charge on any atom is 0.418 e. The summed E-state index contributed by atoms with van der Waals surface area (Å²) in [5, 5.41) is 2.89. The molecule has 0 aliphatic heterocycles. The minimum Gasteiger partial charge on any atom is -0.377 e. The molecule has 0 amide bonds. The van der Waals surface area contributed by atoms with Gasteiger partial charge in [-0.2, -0.15) is 26.3 Å². The molecule has 0 aliphatic rings. The van der Waals surface area contributed by atoms with Crippen LogP contribution in [0.5, 0.6) is 0 Å². The van der Waals surface area contributed by atoms with Crippen molar-refractivity contribution in [1.82, 2.24) is 19.9 Å². The number of nitrogens with zero attached hydrogens (tertiary/aromatic N) is 4. The predicted octanol–water partition coefficient (Wildman–Crippen LogP) is 6.01. The highest BCUT2D eigenvalue weighted by Gasteiger charge is 2.34. The molecule has 0 aliphatic carbocycles. The van der Waals surface area contributed by atoms with Gasteiger partial charge in [-0.1, -0.05) is 0 Å². The summed E-state index contributed by atoms with van der Waals surface area (Å²) >= 11 is 0. The molecule has 4 aromatic rings. The van der Waals surface area contributed by atoms with E-state index in [1.54, 1.807) is 0 Å². The van der Waals surface area contributed by atoms with Gasteiger partial charge in [-0.25, -0.2) is 15.0 Å². The second-order valence-corrected chi connectivity index (χ2v) is 7.11. The molecule has 3 aromatic heterocycles. The first kappa shape index (κ1) is 23.4. The molecule has 0 spiro atoms. The molecule has 12 heteroatoms. The first-order valence-electron chi connectivity index (χ1n) is 9.69. The number of halogens is 6. The number of hydrogen-bond donors (Lipinski definition) is 1. The van der Waals surface area contributed by atoms with Gasteiger partial charge in [-0.3, -0.25) is 4.98 Å². The number of pyridine rings is 2. The summed E-state index contributed by atoms with van der Waals surface area (Å²) in [6.45, 7) is -0.0146. The van der Waals surface area contributed by atoms with Gasteiger partial charge in [0.2, 0.25) is 0 Å². The molecule has 0 saturated carbocycles. The van der Waals surface area contributed by atoms with Crippen LogP contribution in [0, 0.1) is 0 Å². The lowest BCUT2D eigenvalue weighted by Crippen LogP contribution is -2.09. The van der Waals surface area contributed by atoms with Crippen molar-refractivity contribution >= 4 is 22.5 Å². The van der Waals surface area contributed by atoms with Gasteiger partial charge in [0.05, 0.1) is 22.3 Å². The molecule has 176 valence electrons. The van der Waals surface area contributed by atoms with Crippen molar-refractivity contribution in [3.05, 3.63) is 71.8 Å². The van der Waals surface area contributed by atoms with Crippen LogP contribution < -0.4 is 5.32 Å². The average Bonchev–Trinajstić information content (AvgIpc) is 2.78. The lowest BCUT2D eigenvalue weighted by Gasteiger charge is -2.14. The number of hydrogen-bond acceptors (Lipinski definition) is 6. The minimum absolute atomic E-state index is 0.0146.